The first kappa shape index (κ1) is 11.3. The van der Waals surface area contributed by atoms with E-state index in [9.17, 15) is 5.11 Å². The number of hydrogen-bond donors (Lipinski definition) is 2. The van der Waals surface area contributed by atoms with Crippen molar-refractivity contribution < 1.29 is 9.84 Å². The Kier molecular flexibility index (Phi) is 3.37. The maximum absolute atomic E-state index is 10.1. The summed E-state index contributed by atoms with van der Waals surface area (Å²) in [5.41, 5.74) is 5.46. The molecule has 3 nitrogen and oxygen atoms in total. The van der Waals surface area contributed by atoms with E-state index < -0.39 is 5.60 Å². The first-order valence-electron chi connectivity index (χ1n) is 4.41. The van der Waals surface area contributed by atoms with E-state index in [2.05, 4.69) is 0 Å². The van der Waals surface area contributed by atoms with Gasteiger partial charge in [-0.1, -0.05) is 18.2 Å². The van der Waals surface area contributed by atoms with Crippen LogP contribution in [0.4, 0.5) is 0 Å². The number of fused-ring (bicyclic) bond motifs is 1. The molecule has 0 fully saturated rings. The molecule has 0 aromatic heterocycles. The number of rotatable bonds is 1. The Labute approximate surface area is 89.3 Å². The van der Waals surface area contributed by atoms with E-state index in [0.29, 0.717) is 13.0 Å². The molecule has 0 bridgehead atoms. The molecule has 0 amide bonds. The number of benzene rings is 1. The second-order valence-electron chi connectivity index (χ2n) is 3.33. The molecular formula is C10H14ClNO2. The maximum Gasteiger partial charge on any atom is 0.125 e. The minimum absolute atomic E-state index is 0. The third-order valence-electron chi connectivity index (χ3n) is 2.50. The molecule has 1 aliphatic rings. The highest BCUT2D eigenvalue weighted by atomic mass is 35.5. The lowest BCUT2D eigenvalue weighted by Gasteiger charge is -2.33. The summed E-state index contributed by atoms with van der Waals surface area (Å²) in [4.78, 5) is 0. The number of aliphatic hydroxyl groups is 1. The Balaban J connectivity index is 0.000000980. The van der Waals surface area contributed by atoms with E-state index in [1.807, 2.05) is 24.3 Å². The Bertz CT molecular complexity index is 319. The smallest absolute Gasteiger partial charge is 0.125 e. The second kappa shape index (κ2) is 4.17. The van der Waals surface area contributed by atoms with Gasteiger partial charge in [-0.05, 0) is 6.07 Å². The number of para-hydroxylation sites is 1. The SMILES string of the molecule is Cl.NCC1(O)CCOc2ccccc21. The summed E-state index contributed by atoms with van der Waals surface area (Å²) in [6.45, 7) is 0.776. The van der Waals surface area contributed by atoms with Crippen molar-refractivity contribution in [3.05, 3.63) is 29.8 Å². The first-order valence-corrected chi connectivity index (χ1v) is 4.41. The third kappa shape index (κ3) is 1.71. The van der Waals surface area contributed by atoms with Gasteiger partial charge >= 0.3 is 0 Å². The van der Waals surface area contributed by atoms with Gasteiger partial charge in [0.15, 0.2) is 0 Å². The number of nitrogens with two attached hydrogens (primary N) is 1. The highest BCUT2D eigenvalue weighted by Gasteiger charge is 2.33. The Morgan fingerprint density at radius 2 is 2.14 bits per heavy atom. The van der Waals surface area contributed by atoms with Crippen molar-refractivity contribution in [2.75, 3.05) is 13.2 Å². The number of hydrogen-bond acceptors (Lipinski definition) is 3. The normalized spacial score (nSPS) is 24.4. The van der Waals surface area contributed by atoms with E-state index in [1.165, 1.54) is 0 Å². The summed E-state index contributed by atoms with van der Waals surface area (Å²) in [5.74, 6) is 0.752. The van der Waals surface area contributed by atoms with Crippen LogP contribution in [0.25, 0.3) is 0 Å². The summed E-state index contributed by atoms with van der Waals surface area (Å²) >= 11 is 0. The summed E-state index contributed by atoms with van der Waals surface area (Å²) in [6, 6.07) is 7.49. The van der Waals surface area contributed by atoms with Crippen molar-refractivity contribution in [2.24, 2.45) is 5.73 Å². The van der Waals surface area contributed by atoms with E-state index in [4.69, 9.17) is 10.5 Å². The van der Waals surface area contributed by atoms with Crippen LogP contribution in [0.1, 0.15) is 12.0 Å². The maximum atomic E-state index is 10.1. The monoisotopic (exact) mass is 215 g/mol. The van der Waals surface area contributed by atoms with Gasteiger partial charge in [0.25, 0.3) is 0 Å². The molecule has 2 rings (SSSR count). The fourth-order valence-electron chi connectivity index (χ4n) is 1.65. The summed E-state index contributed by atoms with van der Waals surface area (Å²) in [6.07, 6.45) is 0.570. The van der Waals surface area contributed by atoms with E-state index >= 15 is 0 Å². The van der Waals surface area contributed by atoms with Gasteiger partial charge in [-0.3, -0.25) is 0 Å². The van der Waals surface area contributed by atoms with Crippen molar-refractivity contribution in [1.82, 2.24) is 0 Å². The molecule has 0 saturated heterocycles. The molecule has 0 aliphatic carbocycles. The average Bonchev–Trinajstić information content (AvgIpc) is 2.19. The van der Waals surface area contributed by atoms with Crippen LogP contribution in [-0.2, 0) is 5.60 Å². The molecule has 1 aliphatic heterocycles. The highest BCUT2D eigenvalue weighted by molar-refractivity contribution is 5.85. The van der Waals surface area contributed by atoms with Gasteiger partial charge in [0, 0.05) is 18.5 Å². The van der Waals surface area contributed by atoms with Crippen LogP contribution in [0.5, 0.6) is 5.75 Å². The molecule has 14 heavy (non-hydrogen) atoms. The molecule has 3 N–H and O–H groups in total. The standard InChI is InChI=1S/C10H13NO2.ClH/c11-7-10(12)5-6-13-9-4-2-1-3-8(9)10;/h1-4,12H,5-7,11H2;1H. The van der Waals surface area contributed by atoms with Crippen molar-refractivity contribution in [1.29, 1.82) is 0 Å². The van der Waals surface area contributed by atoms with Gasteiger partial charge in [0.2, 0.25) is 0 Å². The lowest BCUT2D eigenvalue weighted by molar-refractivity contribution is 0.00535. The minimum atomic E-state index is -0.894. The van der Waals surface area contributed by atoms with Gasteiger partial charge < -0.3 is 15.6 Å². The van der Waals surface area contributed by atoms with E-state index in [0.717, 1.165) is 11.3 Å². The molecule has 78 valence electrons. The quantitative estimate of drug-likeness (QED) is 0.736. The predicted octanol–water partition coefficient (Wildman–Crippen LogP) is 1.04. The van der Waals surface area contributed by atoms with Gasteiger partial charge in [-0.15, -0.1) is 12.4 Å². The van der Waals surface area contributed by atoms with Crippen molar-refractivity contribution >= 4 is 12.4 Å². The zero-order valence-corrected chi connectivity index (χ0v) is 8.59. The van der Waals surface area contributed by atoms with Gasteiger partial charge in [-0.25, -0.2) is 0 Å². The number of ether oxygens (including phenoxy) is 1. The van der Waals surface area contributed by atoms with Crippen molar-refractivity contribution in [3.8, 4) is 5.75 Å². The van der Waals surface area contributed by atoms with Crippen LogP contribution in [0, 0.1) is 0 Å². The van der Waals surface area contributed by atoms with E-state index in [1.54, 1.807) is 0 Å². The first-order chi connectivity index (χ1) is 6.26. The molecule has 1 heterocycles. The van der Waals surface area contributed by atoms with Gasteiger partial charge in [0.05, 0.1) is 6.61 Å². The molecule has 0 saturated carbocycles. The molecule has 4 heteroatoms. The Morgan fingerprint density at radius 1 is 1.43 bits per heavy atom. The zero-order chi connectivity index (χ0) is 9.31. The molecule has 1 unspecified atom stereocenters. The Morgan fingerprint density at radius 3 is 2.86 bits per heavy atom. The zero-order valence-electron chi connectivity index (χ0n) is 7.77. The van der Waals surface area contributed by atoms with E-state index in [-0.39, 0.29) is 19.0 Å². The lowest BCUT2D eigenvalue weighted by atomic mass is 9.88. The topological polar surface area (TPSA) is 55.5 Å². The molecule has 0 spiro atoms. The minimum Gasteiger partial charge on any atom is -0.493 e. The second-order valence-corrected chi connectivity index (χ2v) is 3.33. The Hall–Kier alpha value is -0.770. The van der Waals surface area contributed by atoms with Crippen LogP contribution < -0.4 is 10.5 Å². The fraction of sp³-hybridized carbons (Fsp3) is 0.400. The molecule has 1 atom stereocenters. The molecular weight excluding hydrogens is 202 g/mol. The molecule has 1 aromatic rings. The molecule has 1 aromatic carbocycles. The predicted molar refractivity (Wildman–Crippen MR) is 56.8 cm³/mol. The van der Waals surface area contributed by atoms with Crippen molar-refractivity contribution in [3.63, 3.8) is 0 Å². The molecule has 0 radical (unpaired) electrons. The fourth-order valence-corrected chi connectivity index (χ4v) is 1.65. The van der Waals surface area contributed by atoms with Crippen LogP contribution in [0.3, 0.4) is 0 Å². The van der Waals surface area contributed by atoms with Gasteiger partial charge in [0.1, 0.15) is 11.4 Å². The van der Waals surface area contributed by atoms with Crippen LogP contribution in [0.15, 0.2) is 24.3 Å². The largest absolute Gasteiger partial charge is 0.493 e. The lowest BCUT2D eigenvalue weighted by Crippen LogP contribution is -2.39. The van der Waals surface area contributed by atoms with Crippen LogP contribution in [0.2, 0.25) is 0 Å². The highest BCUT2D eigenvalue weighted by Crippen LogP contribution is 2.35. The van der Waals surface area contributed by atoms with Crippen LogP contribution >= 0.6 is 12.4 Å². The average molecular weight is 216 g/mol. The number of halogens is 1. The summed E-state index contributed by atoms with van der Waals surface area (Å²) in [5, 5.41) is 10.1. The third-order valence-corrected chi connectivity index (χ3v) is 2.50. The van der Waals surface area contributed by atoms with Crippen molar-refractivity contribution in [2.45, 2.75) is 12.0 Å². The van der Waals surface area contributed by atoms with Crippen LogP contribution in [-0.4, -0.2) is 18.3 Å². The summed E-state index contributed by atoms with van der Waals surface area (Å²) < 4.78 is 5.41. The summed E-state index contributed by atoms with van der Waals surface area (Å²) in [7, 11) is 0. The van der Waals surface area contributed by atoms with Gasteiger partial charge in [-0.2, -0.15) is 0 Å².